The summed E-state index contributed by atoms with van der Waals surface area (Å²) in [6.07, 6.45) is 0.495. The molecule has 4 atom stereocenters. The van der Waals surface area contributed by atoms with Crippen LogP contribution in [-0.4, -0.2) is 48.5 Å². The molecule has 88 valence electrons. The summed E-state index contributed by atoms with van der Waals surface area (Å²) in [6.45, 7) is 4.10. The van der Waals surface area contributed by atoms with E-state index < -0.39 is 5.79 Å². The first-order valence-electron chi connectivity index (χ1n) is 5.37. The number of hydrogen-bond donors (Lipinski definition) is 2. The Labute approximate surface area is 89.5 Å². The average molecular weight is 217 g/mol. The van der Waals surface area contributed by atoms with Gasteiger partial charge in [0.25, 0.3) is 0 Å². The van der Waals surface area contributed by atoms with Crippen molar-refractivity contribution in [2.24, 2.45) is 5.73 Å². The third kappa shape index (κ3) is 2.16. The van der Waals surface area contributed by atoms with E-state index in [4.69, 9.17) is 25.1 Å². The molecule has 2 fully saturated rings. The zero-order valence-corrected chi connectivity index (χ0v) is 9.18. The second-order valence-corrected chi connectivity index (χ2v) is 4.60. The summed E-state index contributed by atoms with van der Waals surface area (Å²) < 4.78 is 16.9. The van der Waals surface area contributed by atoms with Crippen LogP contribution in [0.1, 0.15) is 20.3 Å². The Hall–Kier alpha value is -0.200. The SMILES string of the molecule is CC1(C)OC2[C@H](O1)C(OCCO)C[C@H]2N. The molecule has 0 bridgehead atoms. The normalized spacial score (nSPS) is 43.2. The number of nitrogens with two attached hydrogens (primary N) is 1. The van der Waals surface area contributed by atoms with Gasteiger partial charge in [-0.25, -0.2) is 0 Å². The molecule has 0 aromatic carbocycles. The number of aliphatic hydroxyl groups is 1. The minimum absolute atomic E-state index is 0.0212. The lowest BCUT2D eigenvalue weighted by Crippen LogP contribution is -2.35. The van der Waals surface area contributed by atoms with Crippen LogP contribution in [0.15, 0.2) is 0 Å². The van der Waals surface area contributed by atoms with Crippen LogP contribution in [-0.2, 0) is 14.2 Å². The number of aliphatic hydroxyl groups excluding tert-OH is 1. The van der Waals surface area contributed by atoms with Crippen molar-refractivity contribution < 1.29 is 19.3 Å². The Bertz CT molecular complexity index is 233. The fraction of sp³-hybridized carbons (Fsp3) is 1.00. The molecule has 1 aliphatic heterocycles. The van der Waals surface area contributed by atoms with Gasteiger partial charge in [-0.1, -0.05) is 0 Å². The molecule has 0 aromatic heterocycles. The van der Waals surface area contributed by atoms with E-state index in [0.717, 1.165) is 6.42 Å². The molecule has 2 unspecified atom stereocenters. The molecule has 2 rings (SSSR count). The van der Waals surface area contributed by atoms with Gasteiger partial charge in [0.05, 0.1) is 19.3 Å². The highest BCUT2D eigenvalue weighted by Crippen LogP contribution is 2.38. The van der Waals surface area contributed by atoms with E-state index in [9.17, 15) is 0 Å². The van der Waals surface area contributed by atoms with Crippen molar-refractivity contribution in [2.75, 3.05) is 13.2 Å². The summed E-state index contributed by atoms with van der Waals surface area (Å²) >= 11 is 0. The summed E-state index contributed by atoms with van der Waals surface area (Å²) in [5, 5.41) is 8.71. The second-order valence-electron chi connectivity index (χ2n) is 4.60. The quantitative estimate of drug-likeness (QED) is 0.674. The lowest BCUT2D eigenvalue weighted by molar-refractivity contribution is -0.168. The molecule has 5 nitrogen and oxygen atoms in total. The van der Waals surface area contributed by atoms with E-state index in [1.165, 1.54) is 0 Å². The van der Waals surface area contributed by atoms with E-state index in [1.54, 1.807) is 0 Å². The molecule has 5 heteroatoms. The highest BCUT2D eigenvalue weighted by atomic mass is 16.8. The van der Waals surface area contributed by atoms with Crippen molar-refractivity contribution in [3.05, 3.63) is 0 Å². The molecule has 0 radical (unpaired) electrons. The lowest BCUT2D eigenvalue weighted by Gasteiger charge is -2.22. The predicted octanol–water partition coefficient (Wildman–Crippen LogP) is -0.385. The standard InChI is InChI=1S/C10H19NO4/c1-10(2)14-8-6(11)5-7(9(8)15-10)13-4-3-12/h6-9,12H,3-5,11H2,1-2H3/t6-,7?,8?,9-/m1/s1. The van der Waals surface area contributed by atoms with Crippen LogP contribution in [0.4, 0.5) is 0 Å². The van der Waals surface area contributed by atoms with Gasteiger partial charge in [-0.05, 0) is 20.3 Å². The first-order chi connectivity index (χ1) is 7.03. The van der Waals surface area contributed by atoms with Crippen LogP contribution in [0.3, 0.4) is 0 Å². The molecule has 2 aliphatic rings. The Morgan fingerprint density at radius 2 is 2.07 bits per heavy atom. The van der Waals surface area contributed by atoms with Crippen LogP contribution in [0.2, 0.25) is 0 Å². The first kappa shape index (κ1) is 11.3. The topological polar surface area (TPSA) is 73.9 Å². The van der Waals surface area contributed by atoms with E-state index in [-0.39, 0.29) is 31.0 Å². The monoisotopic (exact) mass is 217 g/mol. The molecule has 1 aliphatic carbocycles. The average Bonchev–Trinajstić information content (AvgIpc) is 2.60. The molecule has 3 N–H and O–H groups in total. The summed E-state index contributed by atoms with van der Waals surface area (Å²) in [4.78, 5) is 0. The molecule has 1 saturated heterocycles. The number of ether oxygens (including phenoxy) is 3. The van der Waals surface area contributed by atoms with Gasteiger partial charge in [-0.3, -0.25) is 0 Å². The van der Waals surface area contributed by atoms with Gasteiger partial charge in [-0.15, -0.1) is 0 Å². The van der Waals surface area contributed by atoms with E-state index in [2.05, 4.69) is 0 Å². The first-order valence-corrected chi connectivity index (χ1v) is 5.37. The van der Waals surface area contributed by atoms with Gasteiger partial charge >= 0.3 is 0 Å². The van der Waals surface area contributed by atoms with Gasteiger partial charge in [0.2, 0.25) is 0 Å². The molecule has 0 amide bonds. The van der Waals surface area contributed by atoms with Crippen molar-refractivity contribution >= 4 is 0 Å². The van der Waals surface area contributed by atoms with Gasteiger partial charge in [0.15, 0.2) is 5.79 Å². The Morgan fingerprint density at radius 1 is 1.40 bits per heavy atom. The van der Waals surface area contributed by atoms with Crippen molar-refractivity contribution in [3.63, 3.8) is 0 Å². The Morgan fingerprint density at radius 3 is 2.73 bits per heavy atom. The van der Waals surface area contributed by atoms with Crippen LogP contribution in [0.25, 0.3) is 0 Å². The zero-order valence-electron chi connectivity index (χ0n) is 9.18. The minimum Gasteiger partial charge on any atom is -0.394 e. The number of hydrogen-bond acceptors (Lipinski definition) is 5. The lowest BCUT2D eigenvalue weighted by atomic mass is 10.2. The maximum Gasteiger partial charge on any atom is 0.163 e. The maximum atomic E-state index is 8.71. The fourth-order valence-corrected chi connectivity index (χ4v) is 2.34. The summed E-state index contributed by atoms with van der Waals surface area (Å²) in [7, 11) is 0. The number of rotatable bonds is 3. The van der Waals surface area contributed by atoms with Crippen LogP contribution in [0, 0.1) is 0 Å². The van der Waals surface area contributed by atoms with Gasteiger partial charge in [0, 0.05) is 6.04 Å². The highest BCUT2D eigenvalue weighted by molar-refractivity contribution is 5.01. The third-order valence-corrected chi connectivity index (χ3v) is 2.88. The van der Waals surface area contributed by atoms with E-state index >= 15 is 0 Å². The van der Waals surface area contributed by atoms with Crippen molar-refractivity contribution in [2.45, 2.75) is 50.4 Å². The molecule has 0 aromatic rings. The van der Waals surface area contributed by atoms with Crippen molar-refractivity contribution in [1.29, 1.82) is 0 Å². The Balaban J connectivity index is 1.99. The van der Waals surface area contributed by atoms with Gasteiger partial charge in [-0.2, -0.15) is 0 Å². The smallest absolute Gasteiger partial charge is 0.163 e. The largest absolute Gasteiger partial charge is 0.394 e. The van der Waals surface area contributed by atoms with E-state index in [1.807, 2.05) is 13.8 Å². The molecule has 15 heavy (non-hydrogen) atoms. The number of fused-ring (bicyclic) bond motifs is 1. The fourth-order valence-electron chi connectivity index (χ4n) is 2.34. The summed E-state index contributed by atoms with van der Waals surface area (Å²) in [5.41, 5.74) is 5.96. The molecule has 1 saturated carbocycles. The van der Waals surface area contributed by atoms with Crippen LogP contribution < -0.4 is 5.73 Å². The minimum atomic E-state index is -0.575. The van der Waals surface area contributed by atoms with Crippen molar-refractivity contribution in [3.8, 4) is 0 Å². The Kier molecular flexibility index (Phi) is 3.00. The highest BCUT2D eigenvalue weighted by Gasteiger charge is 2.53. The van der Waals surface area contributed by atoms with Crippen molar-refractivity contribution in [1.82, 2.24) is 0 Å². The molecular weight excluding hydrogens is 198 g/mol. The van der Waals surface area contributed by atoms with E-state index in [0.29, 0.717) is 6.61 Å². The maximum absolute atomic E-state index is 8.71. The molecular formula is C10H19NO4. The van der Waals surface area contributed by atoms with Gasteiger partial charge in [0.1, 0.15) is 12.2 Å². The zero-order chi connectivity index (χ0) is 11.1. The second kappa shape index (κ2) is 3.99. The van der Waals surface area contributed by atoms with Gasteiger partial charge < -0.3 is 25.1 Å². The van der Waals surface area contributed by atoms with Crippen LogP contribution >= 0.6 is 0 Å². The summed E-state index contributed by atoms with van der Waals surface area (Å²) in [6, 6.07) is -0.0412. The van der Waals surface area contributed by atoms with Crippen LogP contribution in [0.5, 0.6) is 0 Å². The predicted molar refractivity (Wildman–Crippen MR) is 53.2 cm³/mol. The summed E-state index contributed by atoms with van der Waals surface area (Å²) in [5.74, 6) is -0.575. The third-order valence-electron chi connectivity index (χ3n) is 2.88. The molecule has 0 spiro atoms. The molecule has 1 heterocycles.